The van der Waals surface area contributed by atoms with Crippen molar-refractivity contribution in [2.24, 2.45) is 10.9 Å². The van der Waals surface area contributed by atoms with Crippen LogP contribution in [0.1, 0.15) is 42.7 Å². The predicted molar refractivity (Wildman–Crippen MR) is 113 cm³/mol. The number of likely N-dealkylation sites (tertiary alicyclic amines) is 1. The van der Waals surface area contributed by atoms with Crippen molar-refractivity contribution in [3.05, 3.63) is 16.1 Å². The molecule has 1 amide bonds. The van der Waals surface area contributed by atoms with Crippen molar-refractivity contribution < 1.29 is 4.79 Å². The molecule has 1 aromatic heterocycles. The fourth-order valence-corrected chi connectivity index (χ4v) is 4.27. The minimum atomic E-state index is 0. The number of aliphatic imine (C=N–C) groups is 1. The lowest BCUT2D eigenvalue weighted by atomic mass is 10.1. The number of carbonyl (C=O) groups excluding carboxylic acids is 1. The Balaban J connectivity index is 0.00000225. The number of aryl methyl sites for hydroxylation is 1. The molecule has 1 aliphatic carbocycles. The van der Waals surface area contributed by atoms with Crippen LogP contribution in [0.4, 0.5) is 0 Å². The van der Waals surface area contributed by atoms with E-state index in [4.69, 9.17) is 0 Å². The highest BCUT2D eigenvalue weighted by Gasteiger charge is 2.32. The Labute approximate surface area is 170 Å². The van der Waals surface area contributed by atoms with Gasteiger partial charge in [0.15, 0.2) is 5.96 Å². The maximum absolute atomic E-state index is 12.5. The van der Waals surface area contributed by atoms with Gasteiger partial charge in [-0.05, 0) is 26.2 Å². The number of hydrogen-bond donors (Lipinski definition) is 2. The molecule has 1 aromatic rings. The molecular formula is C17H28IN5OS. The van der Waals surface area contributed by atoms with Gasteiger partial charge in [0.05, 0.1) is 17.7 Å². The zero-order valence-corrected chi connectivity index (χ0v) is 18.1. The first-order valence-corrected chi connectivity index (χ1v) is 9.70. The van der Waals surface area contributed by atoms with Gasteiger partial charge in [-0.2, -0.15) is 0 Å². The van der Waals surface area contributed by atoms with Crippen LogP contribution in [0.3, 0.4) is 0 Å². The molecule has 2 heterocycles. The molecule has 1 aliphatic heterocycles. The van der Waals surface area contributed by atoms with E-state index in [0.717, 1.165) is 50.6 Å². The highest BCUT2D eigenvalue weighted by molar-refractivity contribution is 14.0. The minimum Gasteiger partial charge on any atom is -0.352 e. The smallest absolute Gasteiger partial charge is 0.225 e. The molecule has 8 heteroatoms. The normalized spacial score (nSPS) is 21.3. The van der Waals surface area contributed by atoms with E-state index in [1.165, 1.54) is 17.7 Å². The number of carbonyl (C=O) groups is 1. The largest absolute Gasteiger partial charge is 0.352 e. The van der Waals surface area contributed by atoms with Crippen LogP contribution in [0, 0.1) is 12.8 Å². The van der Waals surface area contributed by atoms with Crippen molar-refractivity contribution in [2.45, 2.75) is 51.6 Å². The lowest BCUT2D eigenvalue weighted by Crippen LogP contribution is -2.45. The maximum atomic E-state index is 12.5. The Kier molecular flexibility index (Phi) is 7.92. The van der Waals surface area contributed by atoms with E-state index in [-0.39, 0.29) is 35.9 Å². The molecule has 2 N–H and O–H groups in total. The van der Waals surface area contributed by atoms with Gasteiger partial charge >= 0.3 is 0 Å². The van der Waals surface area contributed by atoms with E-state index >= 15 is 0 Å². The van der Waals surface area contributed by atoms with E-state index in [9.17, 15) is 4.79 Å². The Morgan fingerprint density at radius 1 is 1.40 bits per heavy atom. The Morgan fingerprint density at radius 2 is 2.16 bits per heavy atom. The fourth-order valence-electron chi connectivity index (χ4n) is 3.56. The molecule has 2 fully saturated rings. The highest BCUT2D eigenvalue weighted by Crippen LogP contribution is 2.27. The van der Waals surface area contributed by atoms with Crippen LogP contribution in [-0.2, 0) is 11.3 Å². The molecule has 1 saturated heterocycles. The van der Waals surface area contributed by atoms with Gasteiger partial charge in [-0.3, -0.25) is 9.79 Å². The number of halogens is 1. The fraction of sp³-hybridized carbons (Fsp3) is 0.706. The third kappa shape index (κ3) is 5.29. The van der Waals surface area contributed by atoms with E-state index in [1.54, 1.807) is 18.4 Å². The van der Waals surface area contributed by atoms with E-state index in [1.807, 2.05) is 17.3 Å². The summed E-state index contributed by atoms with van der Waals surface area (Å²) in [5.41, 5.74) is 2.93. The molecule has 2 aliphatic rings. The summed E-state index contributed by atoms with van der Waals surface area (Å²) in [6.07, 6.45) is 5.55. The lowest BCUT2D eigenvalue weighted by Gasteiger charge is -2.21. The third-order valence-corrected chi connectivity index (χ3v) is 5.97. The zero-order valence-electron chi connectivity index (χ0n) is 15.0. The van der Waals surface area contributed by atoms with Crippen molar-refractivity contribution in [3.63, 3.8) is 0 Å². The van der Waals surface area contributed by atoms with Crippen LogP contribution >= 0.6 is 35.3 Å². The Bertz CT molecular complexity index is 600. The van der Waals surface area contributed by atoms with Gasteiger partial charge < -0.3 is 15.5 Å². The van der Waals surface area contributed by atoms with Gasteiger partial charge in [-0.1, -0.05) is 12.8 Å². The van der Waals surface area contributed by atoms with Crippen molar-refractivity contribution in [1.82, 2.24) is 20.5 Å². The maximum Gasteiger partial charge on any atom is 0.225 e. The van der Waals surface area contributed by atoms with Crippen molar-refractivity contribution in [2.75, 3.05) is 20.1 Å². The van der Waals surface area contributed by atoms with E-state index in [2.05, 4.69) is 20.6 Å². The summed E-state index contributed by atoms with van der Waals surface area (Å²) in [6, 6.07) is 0.282. The van der Waals surface area contributed by atoms with Crippen LogP contribution in [0.25, 0.3) is 0 Å². The van der Waals surface area contributed by atoms with Crippen LogP contribution in [-0.4, -0.2) is 47.9 Å². The average molecular weight is 477 g/mol. The summed E-state index contributed by atoms with van der Waals surface area (Å²) < 4.78 is 0. The number of thiazole rings is 1. The number of rotatable bonds is 4. The summed E-state index contributed by atoms with van der Waals surface area (Å²) in [4.78, 5) is 24.3. The number of guanidine groups is 1. The number of amides is 1. The van der Waals surface area contributed by atoms with Crippen molar-refractivity contribution >= 4 is 47.2 Å². The second-order valence-corrected chi connectivity index (χ2v) is 7.62. The molecule has 0 radical (unpaired) electrons. The molecule has 140 valence electrons. The molecular weight excluding hydrogens is 449 g/mol. The number of hydrogen-bond acceptors (Lipinski definition) is 4. The van der Waals surface area contributed by atoms with Gasteiger partial charge in [0.2, 0.25) is 5.91 Å². The number of aromatic nitrogens is 1. The first-order valence-electron chi connectivity index (χ1n) is 8.82. The van der Waals surface area contributed by atoms with Crippen molar-refractivity contribution in [1.29, 1.82) is 0 Å². The summed E-state index contributed by atoms with van der Waals surface area (Å²) in [5, 5.41) is 6.80. The van der Waals surface area contributed by atoms with E-state index in [0.29, 0.717) is 5.91 Å². The number of nitrogens with one attached hydrogen (secondary N) is 2. The Hall–Kier alpha value is -0.900. The summed E-state index contributed by atoms with van der Waals surface area (Å²) in [5.74, 6) is 1.43. The topological polar surface area (TPSA) is 69.6 Å². The molecule has 1 saturated carbocycles. The summed E-state index contributed by atoms with van der Waals surface area (Å²) in [6.45, 7) is 4.40. The zero-order chi connectivity index (χ0) is 16.9. The van der Waals surface area contributed by atoms with Gasteiger partial charge in [0.1, 0.15) is 0 Å². The monoisotopic (exact) mass is 477 g/mol. The second-order valence-electron chi connectivity index (χ2n) is 6.68. The predicted octanol–water partition coefficient (Wildman–Crippen LogP) is 2.53. The second kappa shape index (κ2) is 9.70. The quantitative estimate of drug-likeness (QED) is 0.398. The van der Waals surface area contributed by atoms with Crippen LogP contribution < -0.4 is 10.6 Å². The molecule has 1 atom stereocenters. The first kappa shape index (κ1) is 20.4. The van der Waals surface area contributed by atoms with Crippen LogP contribution in [0.15, 0.2) is 10.5 Å². The molecule has 0 aromatic carbocycles. The standard InChI is InChI=1S/C17H27N5OS.HI/c1-12-15(24-11-20-12)9-19-17(18-2)21-14-7-8-22(10-14)16(23)13-5-3-4-6-13;/h11,13-14H,3-10H2,1-2H3,(H2,18,19,21);1H. The molecule has 0 bridgehead atoms. The third-order valence-electron chi connectivity index (χ3n) is 5.03. The molecule has 0 spiro atoms. The summed E-state index contributed by atoms with van der Waals surface area (Å²) >= 11 is 1.65. The lowest BCUT2D eigenvalue weighted by molar-refractivity contribution is -0.134. The van der Waals surface area contributed by atoms with Crippen LogP contribution in [0.5, 0.6) is 0 Å². The molecule has 25 heavy (non-hydrogen) atoms. The van der Waals surface area contributed by atoms with Crippen molar-refractivity contribution in [3.8, 4) is 0 Å². The average Bonchev–Trinajstić information content (AvgIpc) is 3.33. The number of nitrogens with zero attached hydrogens (tertiary/aromatic N) is 3. The van der Waals surface area contributed by atoms with Gasteiger partial charge in [0.25, 0.3) is 0 Å². The molecule has 3 rings (SSSR count). The van der Waals surface area contributed by atoms with E-state index < -0.39 is 0 Å². The summed E-state index contributed by atoms with van der Waals surface area (Å²) in [7, 11) is 1.78. The first-order chi connectivity index (χ1) is 11.7. The SMILES string of the molecule is CN=C(NCc1scnc1C)NC1CCN(C(=O)C2CCCC2)C1.I. The van der Waals surface area contributed by atoms with Crippen LogP contribution in [0.2, 0.25) is 0 Å². The van der Waals surface area contributed by atoms with Gasteiger partial charge in [-0.15, -0.1) is 35.3 Å². The Morgan fingerprint density at radius 3 is 2.80 bits per heavy atom. The minimum absolute atomic E-state index is 0. The highest BCUT2D eigenvalue weighted by atomic mass is 127. The molecule has 6 nitrogen and oxygen atoms in total. The molecule has 1 unspecified atom stereocenters. The van der Waals surface area contributed by atoms with Gasteiger partial charge in [-0.25, -0.2) is 4.98 Å². The van der Waals surface area contributed by atoms with Gasteiger partial charge in [0, 0.05) is 37.0 Å².